The zero-order valence-corrected chi connectivity index (χ0v) is 17.6. The van der Waals surface area contributed by atoms with Crippen molar-refractivity contribution in [3.8, 4) is 22.9 Å². The van der Waals surface area contributed by atoms with Gasteiger partial charge >= 0.3 is 0 Å². The van der Waals surface area contributed by atoms with E-state index in [2.05, 4.69) is 10.1 Å². The minimum atomic E-state index is -0.163. The largest absolute Gasteiger partial charge is 0.493 e. The highest BCUT2D eigenvalue weighted by molar-refractivity contribution is 6.30. The van der Waals surface area contributed by atoms with Crippen molar-refractivity contribution in [3.63, 3.8) is 0 Å². The SMILES string of the molecule is CCCOc1ccc(-c2noc(C3CC(=O)N(c4ccc(Cl)cc4)C3)n2)cc1OC. The van der Waals surface area contributed by atoms with Crippen LogP contribution in [0.1, 0.15) is 31.6 Å². The molecule has 156 valence electrons. The first kappa shape index (κ1) is 20.2. The summed E-state index contributed by atoms with van der Waals surface area (Å²) in [6.45, 7) is 3.14. The lowest BCUT2D eigenvalue weighted by Crippen LogP contribution is -2.24. The van der Waals surface area contributed by atoms with E-state index in [0.29, 0.717) is 47.8 Å². The second-order valence-electron chi connectivity index (χ2n) is 7.05. The van der Waals surface area contributed by atoms with Gasteiger partial charge in [0.2, 0.25) is 17.6 Å². The van der Waals surface area contributed by atoms with E-state index >= 15 is 0 Å². The Kier molecular flexibility index (Phi) is 5.90. The van der Waals surface area contributed by atoms with Gasteiger partial charge in [0.25, 0.3) is 0 Å². The summed E-state index contributed by atoms with van der Waals surface area (Å²) in [5.41, 5.74) is 1.56. The van der Waals surface area contributed by atoms with Crippen LogP contribution in [-0.2, 0) is 4.79 Å². The van der Waals surface area contributed by atoms with Crippen molar-refractivity contribution in [1.29, 1.82) is 0 Å². The first-order chi connectivity index (χ1) is 14.6. The molecule has 0 spiro atoms. The molecule has 3 aromatic rings. The van der Waals surface area contributed by atoms with Crippen LogP contribution in [0, 0.1) is 0 Å². The summed E-state index contributed by atoms with van der Waals surface area (Å²) >= 11 is 5.94. The van der Waals surface area contributed by atoms with Crippen molar-refractivity contribution in [3.05, 3.63) is 53.4 Å². The number of nitrogens with zero attached hydrogens (tertiary/aromatic N) is 3. The van der Waals surface area contributed by atoms with E-state index in [1.807, 2.05) is 37.3 Å². The summed E-state index contributed by atoms with van der Waals surface area (Å²) in [6, 6.07) is 12.7. The van der Waals surface area contributed by atoms with E-state index in [4.69, 9.17) is 25.6 Å². The molecule has 0 N–H and O–H groups in total. The highest BCUT2D eigenvalue weighted by Crippen LogP contribution is 2.34. The number of carbonyl (C=O) groups excluding carboxylic acids is 1. The van der Waals surface area contributed by atoms with Crippen LogP contribution in [-0.4, -0.2) is 36.3 Å². The third kappa shape index (κ3) is 4.11. The molecule has 4 rings (SSSR count). The Labute approximate surface area is 179 Å². The molecule has 0 bridgehead atoms. The van der Waals surface area contributed by atoms with Gasteiger partial charge in [-0.1, -0.05) is 23.7 Å². The normalized spacial score (nSPS) is 16.2. The van der Waals surface area contributed by atoms with E-state index in [0.717, 1.165) is 17.7 Å². The highest BCUT2D eigenvalue weighted by Gasteiger charge is 2.35. The molecule has 1 atom stereocenters. The van der Waals surface area contributed by atoms with E-state index in [1.165, 1.54) is 0 Å². The molecule has 1 unspecified atom stereocenters. The smallest absolute Gasteiger partial charge is 0.232 e. The number of benzene rings is 2. The van der Waals surface area contributed by atoms with Gasteiger partial charge < -0.3 is 18.9 Å². The maximum absolute atomic E-state index is 12.5. The van der Waals surface area contributed by atoms with Crippen LogP contribution < -0.4 is 14.4 Å². The number of ether oxygens (including phenoxy) is 2. The van der Waals surface area contributed by atoms with Crippen LogP contribution in [0.3, 0.4) is 0 Å². The fourth-order valence-electron chi connectivity index (χ4n) is 3.40. The lowest BCUT2D eigenvalue weighted by molar-refractivity contribution is -0.117. The second kappa shape index (κ2) is 8.75. The van der Waals surface area contributed by atoms with Gasteiger partial charge in [0.15, 0.2) is 11.5 Å². The topological polar surface area (TPSA) is 77.7 Å². The minimum absolute atomic E-state index is 0.0150. The molecule has 1 aliphatic heterocycles. The van der Waals surface area contributed by atoms with Gasteiger partial charge in [-0.3, -0.25) is 4.79 Å². The number of anilines is 1. The predicted molar refractivity (Wildman–Crippen MR) is 113 cm³/mol. The third-order valence-corrected chi connectivity index (χ3v) is 5.19. The predicted octanol–water partition coefficient (Wildman–Crippen LogP) is 4.71. The summed E-state index contributed by atoms with van der Waals surface area (Å²) in [5.74, 6) is 2.02. The fraction of sp³-hybridized carbons (Fsp3) is 0.318. The number of halogens is 1. The Balaban J connectivity index is 1.52. The highest BCUT2D eigenvalue weighted by atomic mass is 35.5. The van der Waals surface area contributed by atoms with Crippen LogP contribution in [0.5, 0.6) is 11.5 Å². The summed E-state index contributed by atoms with van der Waals surface area (Å²) in [4.78, 5) is 18.7. The van der Waals surface area contributed by atoms with Crippen LogP contribution >= 0.6 is 11.6 Å². The Morgan fingerprint density at radius 3 is 2.73 bits per heavy atom. The Morgan fingerprint density at radius 2 is 2.00 bits per heavy atom. The second-order valence-corrected chi connectivity index (χ2v) is 7.49. The van der Waals surface area contributed by atoms with Gasteiger partial charge in [0.05, 0.1) is 19.6 Å². The quantitative estimate of drug-likeness (QED) is 0.543. The summed E-state index contributed by atoms with van der Waals surface area (Å²) in [6.07, 6.45) is 1.23. The van der Waals surface area contributed by atoms with Gasteiger partial charge in [-0.05, 0) is 48.9 Å². The molecule has 1 saturated heterocycles. The van der Waals surface area contributed by atoms with Crippen molar-refractivity contribution >= 4 is 23.2 Å². The number of hydrogen-bond acceptors (Lipinski definition) is 6. The average Bonchev–Trinajstić information content (AvgIpc) is 3.40. The molecule has 1 fully saturated rings. The van der Waals surface area contributed by atoms with Crippen molar-refractivity contribution in [2.24, 2.45) is 0 Å². The van der Waals surface area contributed by atoms with Crippen LogP contribution in [0.15, 0.2) is 47.0 Å². The first-order valence-corrected chi connectivity index (χ1v) is 10.2. The van der Waals surface area contributed by atoms with E-state index in [-0.39, 0.29) is 11.8 Å². The van der Waals surface area contributed by atoms with Crippen LogP contribution in [0.4, 0.5) is 5.69 Å². The number of hydrogen-bond donors (Lipinski definition) is 0. The molecule has 1 aromatic heterocycles. The minimum Gasteiger partial charge on any atom is -0.493 e. The molecule has 1 amide bonds. The molecule has 2 heterocycles. The van der Waals surface area contributed by atoms with Crippen molar-refractivity contribution < 1.29 is 18.8 Å². The molecular formula is C22H22ClN3O4. The number of amides is 1. The molecule has 0 aliphatic carbocycles. The lowest BCUT2D eigenvalue weighted by atomic mass is 10.1. The molecule has 0 saturated carbocycles. The molecule has 0 radical (unpaired) electrons. The maximum atomic E-state index is 12.5. The molecule has 8 heteroatoms. The van der Waals surface area contributed by atoms with Gasteiger partial charge in [-0.15, -0.1) is 0 Å². The maximum Gasteiger partial charge on any atom is 0.232 e. The zero-order valence-electron chi connectivity index (χ0n) is 16.8. The number of carbonyl (C=O) groups is 1. The van der Waals surface area contributed by atoms with E-state index in [1.54, 1.807) is 24.1 Å². The van der Waals surface area contributed by atoms with E-state index < -0.39 is 0 Å². The Bertz CT molecular complexity index is 1040. The lowest BCUT2D eigenvalue weighted by Gasteiger charge is -2.15. The number of rotatable bonds is 7. The van der Waals surface area contributed by atoms with Crippen LogP contribution in [0.25, 0.3) is 11.4 Å². The summed E-state index contributed by atoms with van der Waals surface area (Å²) in [7, 11) is 1.59. The number of methoxy groups -OCH3 is 1. The van der Waals surface area contributed by atoms with Gasteiger partial charge in [-0.2, -0.15) is 4.98 Å². The first-order valence-electron chi connectivity index (χ1n) is 9.79. The zero-order chi connectivity index (χ0) is 21.1. The molecule has 7 nitrogen and oxygen atoms in total. The summed E-state index contributed by atoms with van der Waals surface area (Å²) in [5, 5.41) is 4.73. The van der Waals surface area contributed by atoms with Gasteiger partial charge in [0.1, 0.15) is 0 Å². The standard InChI is InChI=1S/C22H22ClN3O4/c1-3-10-29-18-9-4-14(11-19(18)28-2)21-24-22(30-25-21)15-12-20(27)26(13-15)17-7-5-16(23)6-8-17/h4-9,11,15H,3,10,12-13H2,1-2H3. The van der Waals surface area contributed by atoms with Gasteiger partial charge in [-0.25, -0.2) is 0 Å². The van der Waals surface area contributed by atoms with Crippen molar-refractivity contribution in [2.75, 3.05) is 25.2 Å². The average molecular weight is 428 g/mol. The third-order valence-electron chi connectivity index (χ3n) is 4.94. The summed E-state index contributed by atoms with van der Waals surface area (Å²) < 4.78 is 16.6. The Morgan fingerprint density at radius 1 is 1.20 bits per heavy atom. The van der Waals surface area contributed by atoms with Crippen LogP contribution in [0.2, 0.25) is 5.02 Å². The Hall–Kier alpha value is -3.06. The van der Waals surface area contributed by atoms with Gasteiger partial charge in [0, 0.05) is 29.2 Å². The molecular weight excluding hydrogens is 406 g/mol. The van der Waals surface area contributed by atoms with Crippen molar-refractivity contribution in [2.45, 2.75) is 25.7 Å². The molecule has 2 aromatic carbocycles. The fourth-order valence-corrected chi connectivity index (χ4v) is 3.53. The molecule has 30 heavy (non-hydrogen) atoms. The number of aromatic nitrogens is 2. The van der Waals surface area contributed by atoms with E-state index in [9.17, 15) is 4.79 Å². The monoisotopic (exact) mass is 427 g/mol. The molecule has 1 aliphatic rings. The van der Waals surface area contributed by atoms with Crippen molar-refractivity contribution in [1.82, 2.24) is 10.1 Å².